The van der Waals surface area contributed by atoms with Crippen molar-refractivity contribution in [2.45, 2.75) is 58.7 Å². The molecule has 3 rings (SSSR count). The molecule has 3 aromatic rings. The monoisotopic (exact) mass is 521 g/mol. The van der Waals surface area contributed by atoms with Crippen LogP contribution in [0.4, 0.5) is 13.2 Å². The number of rotatable bonds is 11. The quantitative estimate of drug-likeness (QED) is 0.298. The van der Waals surface area contributed by atoms with Crippen molar-refractivity contribution < 1.29 is 32.5 Å². The van der Waals surface area contributed by atoms with Crippen LogP contribution < -0.4 is 4.74 Å². The molecule has 0 aliphatic carbocycles. The van der Waals surface area contributed by atoms with E-state index in [1.54, 1.807) is 19.9 Å². The topological polar surface area (TPSA) is 68.7 Å². The number of carboxylic acids is 1. The third-order valence-corrected chi connectivity index (χ3v) is 7.37. The van der Waals surface area contributed by atoms with Crippen molar-refractivity contribution in [1.29, 1.82) is 0 Å². The highest BCUT2D eigenvalue weighted by molar-refractivity contribution is 7.15. The van der Waals surface area contributed by atoms with E-state index >= 15 is 0 Å². The molecule has 0 amide bonds. The first-order valence-corrected chi connectivity index (χ1v) is 12.5. The standard InChI is InChI=1S/C27H30F3NO4S/c1-5-26(25(32)33,35-6-2)16-20-10-11-22(14-17(20)3)34-13-12-23-18(4)31-24(36-23)19-8-7-9-21(15-19)27(28,29)30/h7-11,14-15H,5-6,12-13,16H2,1-4H3,(H,32,33). The molecule has 36 heavy (non-hydrogen) atoms. The largest absolute Gasteiger partial charge is 0.493 e. The van der Waals surface area contributed by atoms with Crippen LogP contribution in [-0.2, 0) is 28.5 Å². The summed E-state index contributed by atoms with van der Waals surface area (Å²) in [6.07, 6.45) is -3.23. The molecule has 2 aromatic carbocycles. The average molecular weight is 522 g/mol. The van der Waals surface area contributed by atoms with E-state index in [9.17, 15) is 23.1 Å². The molecule has 1 N–H and O–H groups in total. The van der Waals surface area contributed by atoms with Crippen LogP contribution in [0.5, 0.6) is 5.75 Å². The van der Waals surface area contributed by atoms with Crippen LogP contribution in [-0.4, -0.2) is 34.9 Å². The average Bonchev–Trinajstić information content (AvgIpc) is 3.20. The Morgan fingerprint density at radius 2 is 1.86 bits per heavy atom. The summed E-state index contributed by atoms with van der Waals surface area (Å²) < 4.78 is 50.7. The zero-order valence-corrected chi connectivity index (χ0v) is 21.6. The van der Waals surface area contributed by atoms with Crippen LogP contribution in [0.3, 0.4) is 0 Å². The van der Waals surface area contributed by atoms with E-state index in [1.807, 2.05) is 32.0 Å². The van der Waals surface area contributed by atoms with Gasteiger partial charge in [0.2, 0.25) is 0 Å². The summed E-state index contributed by atoms with van der Waals surface area (Å²) in [7, 11) is 0. The van der Waals surface area contributed by atoms with Gasteiger partial charge in [0.1, 0.15) is 10.8 Å². The fraction of sp³-hybridized carbons (Fsp3) is 0.407. The lowest BCUT2D eigenvalue weighted by Gasteiger charge is -2.28. The van der Waals surface area contributed by atoms with Crippen molar-refractivity contribution in [1.82, 2.24) is 4.98 Å². The van der Waals surface area contributed by atoms with Gasteiger partial charge in [-0.1, -0.05) is 25.1 Å². The summed E-state index contributed by atoms with van der Waals surface area (Å²) in [6, 6.07) is 10.7. The summed E-state index contributed by atoms with van der Waals surface area (Å²) in [6.45, 7) is 8.01. The van der Waals surface area contributed by atoms with Crippen molar-refractivity contribution in [2.75, 3.05) is 13.2 Å². The molecule has 1 heterocycles. The van der Waals surface area contributed by atoms with E-state index < -0.39 is 23.3 Å². The number of hydrogen-bond donors (Lipinski definition) is 1. The van der Waals surface area contributed by atoms with Gasteiger partial charge in [-0.3, -0.25) is 0 Å². The SMILES string of the molecule is CCOC(CC)(Cc1ccc(OCCc2sc(-c3cccc(C(F)(F)F)c3)nc2C)cc1C)C(=O)O. The van der Waals surface area contributed by atoms with Crippen LogP contribution in [0.25, 0.3) is 10.6 Å². The van der Waals surface area contributed by atoms with Gasteiger partial charge in [0, 0.05) is 29.9 Å². The Kier molecular flexibility index (Phi) is 8.79. The molecule has 0 bridgehead atoms. The summed E-state index contributed by atoms with van der Waals surface area (Å²) in [5, 5.41) is 10.3. The molecular weight excluding hydrogens is 491 g/mol. The first kappa shape index (κ1) is 27.7. The zero-order chi connectivity index (χ0) is 26.5. The summed E-state index contributed by atoms with van der Waals surface area (Å²) in [5.41, 5.74) is 1.03. The fourth-order valence-corrected chi connectivity index (χ4v) is 5.02. The van der Waals surface area contributed by atoms with Crippen molar-refractivity contribution in [3.63, 3.8) is 0 Å². The zero-order valence-electron chi connectivity index (χ0n) is 20.7. The van der Waals surface area contributed by atoms with E-state index in [-0.39, 0.29) is 6.42 Å². The molecule has 0 saturated heterocycles. The first-order valence-electron chi connectivity index (χ1n) is 11.7. The van der Waals surface area contributed by atoms with Gasteiger partial charge in [-0.2, -0.15) is 13.2 Å². The number of halogens is 3. The molecule has 0 aliphatic rings. The number of aliphatic carboxylic acids is 1. The van der Waals surface area contributed by atoms with Crippen molar-refractivity contribution >= 4 is 17.3 Å². The Hall–Kier alpha value is -2.91. The predicted molar refractivity (Wildman–Crippen MR) is 134 cm³/mol. The molecule has 0 saturated carbocycles. The molecule has 1 aromatic heterocycles. The number of carboxylic acid groups (broad SMARTS) is 1. The molecule has 0 fully saturated rings. The maximum absolute atomic E-state index is 13.1. The molecule has 0 aliphatic heterocycles. The lowest BCUT2D eigenvalue weighted by atomic mass is 9.89. The number of carbonyl (C=O) groups is 1. The van der Waals surface area contributed by atoms with Crippen LogP contribution in [0.1, 0.15) is 47.5 Å². The Morgan fingerprint density at radius 3 is 2.47 bits per heavy atom. The molecule has 194 valence electrons. The molecular formula is C27H30F3NO4S. The van der Waals surface area contributed by atoms with Gasteiger partial charge in [0.05, 0.1) is 17.9 Å². The van der Waals surface area contributed by atoms with E-state index in [2.05, 4.69) is 4.98 Å². The fourth-order valence-electron chi connectivity index (χ4n) is 3.98. The Labute approximate surface area is 212 Å². The number of ether oxygens (including phenoxy) is 2. The van der Waals surface area contributed by atoms with Gasteiger partial charge in [0.15, 0.2) is 5.60 Å². The third kappa shape index (κ3) is 6.44. The van der Waals surface area contributed by atoms with Crippen molar-refractivity contribution in [3.8, 4) is 16.3 Å². The number of benzene rings is 2. The van der Waals surface area contributed by atoms with Crippen molar-refractivity contribution in [3.05, 3.63) is 69.7 Å². The van der Waals surface area contributed by atoms with Crippen LogP contribution in [0.15, 0.2) is 42.5 Å². The second-order valence-electron chi connectivity index (χ2n) is 8.56. The van der Waals surface area contributed by atoms with E-state index in [0.29, 0.717) is 42.4 Å². The van der Waals surface area contributed by atoms with Crippen LogP contribution in [0, 0.1) is 13.8 Å². The maximum atomic E-state index is 13.1. The second-order valence-corrected chi connectivity index (χ2v) is 9.64. The van der Waals surface area contributed by atoms with Crippen LogP contribution in [0.2, 0.25) is 0 Å². The summed E-state index contributed by atoms with van der Waals surface area (Å²) >= 11 is 1.36. The lowest BCUT2D eigenvalue weighted by Crippen LogP contribution is -2.43. The smallest absolute Gasteiger partial charge is 0.416 e. The molecule has 9 heteroatoms. The number of alkyl halides is 3. The van der Waals surface area contributed by atoms with Gasteiger partial charge in [-0.25, -0.2) is 9.78 Å². The molecule has 1 unspecified atom stereocenters. The van der Waals surface area contributed by atoms with Gasteiger partial charge >= 0.3 is 12.1 Å². The highest BCUT2D eigenvalue weighted by Gasteiger charge is 2.38. The summed E-state index contributed by atoms with van der Waals surface area (Å²) in [5.74, 6) is -0.318. The van der Waals surface area contributed by atoms with E-state index in [1.165, 1.54) is 17.4 Å². The van der Waals surface area contributed by atoms with Crippen molar-refractivity contribution in [2.24, 2.45) is 0 Å². The number of aryl methyl sites for hydroxylation is 2. The van der Waals surface area contributed by atoms with Crippen LogP contribution >= 0.6 is 11.3 Å². The van der Waals surface area contributed by atoms with Gasteiger partial charge in [-0.15, -0.1) is 11.3 Å². The highest BCUT2D eigenvalue weighted by Crippen LogP contribution is 2.34. The number of thiazole rings is 1. The third-order valence-electron chi connectivity index (χ3n) is 6.10. The number of nitrogens with zero attached hydrogens (tertiary/aromatic N) is 1. The highest BCUT2D eigenvalue weighted by atomic mass is 32.1. The van der Waals surface area contributed by atoms with Gasteiger partial charge in [0.25, 0.3) is 0 Å². The molecule has 0 radical (unpaired) electrons. The number of hydrogen-bond acceptors (Lipinski definition) is 5. The maximum Gasteiger partial charge on any atom is 0.416 e. The Bertz CT molecular complexity index is 1210. The van der Waals surface area contributed by atoms with Gasteiger partial charge < -0.3 is 14.6 Å². The van der Waals surface area contributed by atoms with Gasteiger partial charge in [-0.05, 0) is 62.6 Å². The number of aromatic nitrogens is 1. The normalized spacial score (nSPS) is 13.4. The molecule has 5 nitrogen and oxygen atoms in total. The Balaban J connectivity index is 1.66. The predicted octanol–water partition coefficient (Wildman–Crippen LogP) is 6.88. The minimum atomic E-state index is -4.40. The minimum Gasteiger partial charge on any atom is -0.493 e. The summed E-state index contributed by atoms with van der Waals surface area (Å²) in [4.78, 5) is 17.3. The molecule has 0 spiro atoms. The van der Waals surface area contributed by atoms with E-state index in [4.69, 9.17) is 9.47 Å². The molecule has 1 atom stereocenters. The first-order chi connectivity index (χ1) is 17.0. The Morgan fingerprint density at radius 1 is 1.11 bits per heavy atom. The second kappa shape index (κ2) is 11.4. The van der Waals surface area contributed by atoms with E-state index in [0.717, 1.165) is 33.8 Å². The lowest BCUT2D eigenvalue weighted by molar-refractivity contribution is -0.166. The minimum absolute atomic E-state index is 0.261.